The van der Waals surface area contributed by atoms with Crippen LogP contribution in [0.1, 0.15) is 30.5 Å². The maximum absolute atomic E-state index is 13.3. The van der Waals surface area contributed by atoms with E-state index >= 15 is 0 Å². The third-order valence-electron chi connectivity index (χ3n) is 6.85. The Morgan fingerprint density at radius 3 is 2.36 bits per heavy atom. The Bertz CT molecular complexity index is 1110. The van der Waals surface area contributed by atoms with Crippen LogP contribution in [-0.4, -0.2) is 68.0 Å². The first-order chi connectivity index (χ1) is 15.8. The fourth-order valence-corrected chi connectivity index (χ4v) is 6.02. The first kappa shape index (κ1) is 23.7. The van der Waals surface area contributed by atoms with Crippen LogP contribution in [0.4, 0.5) is 11.4 Å². The van der Waals surface area contributed by atoms with Gasteiger partial charge in [0.2, 0.25) is 15.9 Å². The highest BCUT2D eigenvalue weighted by molar-refractivity contribution is 7.89. The zero-order chi connectivity index (χ0) is 23.6. The SMILES string of the molecule is CCN1CCN(c2ccc(NC(=O)C3Cc4ccccc4CN3S(=O)(=O)CC)cc2C)CC1. The van der Waals surface area contributed by atoms with Crippen LogP contribution in [0.5, 0.6) is 0 Å². The van der Waals surface area contributed by atoms with Crippen LogP contribution in [0, 0.1) is 6.92 Å². The molecule has 1 saturated heterocycles. The summed E-state index contributed by atoms with van der Waals surface area (Å²) in [6.45, 7) is 11.3. The normalized spacial score (nSPS) is 19.8. The predicted octanol–water partition coefficient (Wildman–Crippen LogP) is 2.85. The third-order valence-corrected chi connectivity index (χ3v) is 8.68. The smallest absolute Gasteiger partial charge is 0.243 e. The van der Waals surface area contributed by atoms with Crippen molar-refractivity contribution in [1.82, 2.24) is 9.21 Å². The molecule has 1 amide bonds. The Labute approximate surface area is 197 Å². The summed E-state index contributed by atoms with van der Waals surface area (Å²) < 4.78 is 26.9. The molecule has 4 rings (SSSR count). The molecular formula is C25H34N4O3S. The lowest BCUT2D eigenvalue weighted by atomic mass is 9.95. The Morgan fingerprint density at radius 2 is 1.73 bits per heavy atom. The van der Waals surface area contributed by atoms with Crippen molar-refractivity contribution in [2.45, 2.75) is 39.8 Å². The molecule has 2 aromatic carbocycles. The Hall–Kier alpha value is -2.42. The van der Waals surface area contributed by atoms with Gasteiger partial charge in [0.15, 0.2) is 0 Å². The summed E-state index contributed by atoms with van der Waals surface area (Å²) in [5.41, 5.74) is 4.97. The van der Waals surface area contributed by atoms with Crippen LogP contribution in [0.25, 0.3) is 0 Å². The van der Waals surface area contributed by atoms with Gasteiger partial charge in [0.1, 0.15) is 6.04 Å². The van der Waals surface area contributed by atoms with Crippen molar-refractivity contribution in [3.8, 4) is 0 Å². The van der Waals surface area contributed by atoms with Gasteiger partial charge in [-0.3, -0.25) is 4.79 Å². The summed E-state index contributed by atoms with van der Waals surface area (Å²) in [6, 6.07) is 12.9. The molecule has 0 aliphatic carbocycles. The zero-order valence-corrected chi connectivity index (χ0v) is 20.6. The minimum absolute atomic E-state index is 0.0297. The molecule has 178 valence electrons. The van der Waals surface area contributed by atoms with E-state index in [1.54, 1.807) is 6.92 Å². The number of rotatable bonds is 6. The van der Waals surface area contributed by atoms with Crippen molar-refractivity contribution in [2.75, 3.05) is 48.7 Å². The molecule has 2 aromatic rings. The van der Waals surface area contributed by atoms with E-state index in [1.165, 1.54) is 9.99 Å². The molecule has 2 heterocycles. The lowest BCUT2D eigenvalue weighted by Gasteiger charge is -2.36. The number of carbonyl (C=O) groups is 1. The van der Waals surface area contributed by atoms with Crippen LogP contribution >= 0.6 is 0 Å². The van der Waals surface area contributed by atoms with Crippen molar-refractivity contribution in [3.05, 3.63) is 59.2 Å². The Morgan fingerprint density at radius 1 is 1.03 bits per heavy atom. The van der Waals surface area contributed by atoms with Crippen molar-refractivity contribution >= 4 is 27.3 Å². The molecule has 1 N–H and O–H groups in total. The number of likely N-dealkylation sites (N-methyl/N-ethyl adjacent to an activating group) is 1. The second-order valence-electron chi connectivity index (χ2n) is 8.85. The van der Waals surface area contributed by atoms with Gasteiger partial charge in [-0.1, -0.05) is 31.2 Å². The number of hydrogen-bond acceptors (Lipinski definition) is 5. The lowest BCUT2D eigenvalue weighted by molar-refractivity contribution is -0.120. The van der Waals surface area contributed by atoms with Gasteiger partial charge >= 0.3 is 0 Å². The standard InChI is InChI=1S/C25H34N4O3S/c1-4-27-12-14-28(15-13-27)23-11-10-22(16-19(23)3)26-25(30)24-17-20-8-6-7-9-21(20)18-29(24)33(31,32)5-2/h6-11,16,24H,4-5,12-15,17-18H2,1-3H3,(H,26,30). The molecule has 0 bridgehead atoms. The molecule has 1 unspecified atom stereocenters. The van der Waals surface area contributed by atoms with E-state index in [2.05, 4.69) is 35.0 Å². The second-order valence-corrected chi connectivity index (χ2v) is 11.1. The quantitative estimate of drug-likeness (QED) is 0.703. The summed E-state index contributed by atoms with van der Waals surface area (Å²) in [7, 11) is -3.52. The summed E-state index contributed by atoms with van der Waals surface area (Å²) in [6.07, 6.45) is 0.375. The van der Waals surface area contributed by atoms with Gasteiger partial charge in [0.05, 0.1) is 5.75 Å². The average Bonchev–Trinajstić information content (AvgIpc) is 2.83. The summed E-state index contributed by atoms with van der Waals surface area (Å²) in [5.74, 6) is -0.317. The molecule has 2 aliphatic heterocycles. The van der Waals surface area contributed by atoms with Gasteiger partial charge < -0.3 is 15.1 Å². The maximum atomic E-state index is 13.3. The molecule has 0 aromatic heterocycles. The van der Waals surface area contributed by atoms with E-state index < -0.39 is 16.1 Å². The van der Waals surface area contributed by atoms with Gasteiger partial charge in [-0.25, -0.2) is 8.42 Å². The Kier molecular flexibility index (Phi) is 7.07. The third kappa shape index (κ3) is 5.08. The van der Waals surface area contributed by atoms with Gasteiger partial charge in [0.25, 0.3) is 0 Å². The fourth-order valence-electron chi connectivity index (χ4n) is 4.80. The molecule has 33 heavy (non-hydrogen) atoms. The molecule has 1 atom stereocenters. The number of benzene rings is 2. The van der Waals surface area contributed by atoms with Gasteiger partial charge in [-0.15, -0.1) is 0 Å². The van der Waals surface area contributed by atoms with E-state index in [9.17, 15) is 13.2 Å². The average molecular weight is 471 g/mol. The van der Waals surface area contributed by atoms with Gasteiger partial charge in [0, 0.05) is 44.1 Å². The number of amides is 1. The lowest BCUT2D eigenvalue weighted by Crippen LogP contribution is -2.51. The van der Waals surface area contributed by atoms with Gasteiger partial charge in [-0.05, 0) is 61.7 Å². The van der Waals surface area contributed by atoms with Crippen molar-refractivity contribution in [2.24, 2.45) is 0 Å². The number of carbonyl (C=O) groups excluding carboxylic acids is 1. The molecule has 0 saturated carbocycles. The molecule has 0 radical (unpaired) electrons. The number of fused-ring (bicyclic) bond motifs is 1. The first-order valence-electron chi connectivity index (χ1n) is 11.8. The monoisotopic (exact) mass is 470 g/mol. The molecule has 0 spiro atoms. The van der Waals surface area contributed by atoms with E-state index in [0.717, 1.165) is 49.4 Å². The van der Waals surface area contributed by atoms with Crippen molar-refractivity contribution in [1.29, 1.82) is 0 Å². The maximum Gasteiger partial charge on any atom is 0.243 e. The van der Waals surface area contributed by atoms with Crippen LogP contribution in [-0.2, 0) is 27.8 Å². The highest BCUT2D eigenvalue weighted by atomic mass is 32.2. The largest absolute Gasteiger partial charge is 0.369 e. The number of anilines is 2. The van der Waals surface area contributed by atoms with Crippen molar-refractivity contribution < 1.29 is 13.2 Å². The topological polar surface area (TPSA) is 73.0 Å². The first-order valence-corrected chi connectivity index (χ1v) is 13.4. The molecular weight excluding hydrogens is 436 g/mol. The summed E-state index contributed by atoms with van der Waals surface area (Å²) in [5, 5.41) is 2.98. The number of nitrogens with one attached hydrogen (secondary N) is 1. The van der Waals surface area contributed by atoms with E-state index in [-0.39, 0.29) is 18.2 Å². The minimum atomic E-state index is -3.52. The van der Waals surface area contributed by atoms with Crippen LogP contribution in [0.15, 0.2) is 42.5 Å². The van der Waals surface area contributed by atoms with E-state index in [1.807, 2.05) is 36.4 Å². The highest BCUT2D eigenvalue weighted by Gasteiger charge is 2.38. The minimum Gasteiger partial charge on any atom is -0.369 e. The van der Waals surface area contributed by atoms with Gasteiger partial charge in [-0.2, -0.15) is 4.31 Å². The number of piperazine rings is 1. The van der Waals surface area contributed by atoms with E-state index in [0.29, 0.717) is 12.1 Å². The second kappa shape index (κ2) is 9.83. The van der Waals surface area contributed by atoms with Crippen molar-refractivity contribution in [3.63, 3.8) is 0 Å². The number of aryl methyl sites for hydroxylation is 1. The molecule has 7 nitrogen and oxygen atoms in total. The fraction of sp³-hybridized carbons (Fsp3) is 0.480. The summed E-state index contributed by atoms with van der Waals surface area (Å²) in [4.78, 5) is 18.1. The Balaban J connectivity index is 1.51. The zero-order valence-electron chi connectivity index (χ0n) is 19.8. The molecule has 1 fully saturated rings. The molecule has 2 aliphatic rings. The van der Waals surface area contributed by atoms with Crippen LogP contribution in [0.2, 0.25) is 0 Å². The summed E-state index contributed by atoms with van der Waals surface area (Å²) >= 11 is 0. The van der Waals surface area contributed by atoms with E-state index in [4.69, 9.17) is 0 Å². The molecule has 8 heteroatoms. The van der Waals surface area contributed by atoms with Crippen LogP contribution < -0.4 is 10.2 Å². The van der Waals surface area contributed by atoms with Crippen LogP contribution in [0.3, 0.4) is 0 Å². The highest BCUT2D eigenvalue weighted by Crippen LogP contribution is 2.28. The predicted molar refractivity (Wildman–Crippen MR) is 133 cm³/mol. The number of nitrogens with zero attached hydrogens (tertiary/aromatic N) is 3. The number of sulfonamides is 1. The number of hydrogen-bond donors (Lipinski definition) is 1.